The van der Waals surface area contributed by atoms with E-state index < -0.39 is 10.0 Å². The molecule has 0 saturated heterocycles. The van der Waals surface area contributed by atoms with Crippen LogP contribution in [0.2, 0.25) is 0 Å². The second-order valence-electron chi connectivity index (χ2n) is 2.79. The first-order chi connectivity index (χ1) is 5.95. The third kappa shape index (κ3) is 9.29. The van der Waals surface area contributed by atoms with Crippen molar-refractivity contribution in [3.05, 3.63) is 0 Å². The van der Waals surface area contributed by atoms with Crippen molar-refractivity contribution in [2.24, 2.45) is 10.7 Å². The summed E-state index contributed by atoms with van der Waals surface area (Å²) in [5.41, 5.74) is 5.51. The molecule has 0 bridgehead atoms. The zero-order valence-electron chi connectivity index (χ0n) is 8.08. The summed E-state index contributed by atoms with van der Waals surface area (Å²) in [5.74, 6) is 0.581. The van der Waals surface area contributed by atoms with Crippen LogP contribution in [0.1, 0.15) is 19.8 Å². The van der Waals surface area contributed by atoms with Gasteiger partial charge < -0.3 is 5.73 Å². The lowest BCUT2D eigenvalue weighted by molar-refractivity contribution is 0.588. The lowest BCUT2D eigenvalue weighted by Crippen LogP contribution is -2.25. The average Bonchev–Trinajstić information content (AvgIpc) is 1.97. The number of hydrogen-bond acceptors (Lipinski definition) is 3. The summed E-state index contributed by atoms with van der Waals surface area (Å²) < 4.78 is 23.6. The Balaban J connectivity index is 3.61. The van der Waals surface area contributed by atoms with Crippen LogP contribution in [0.5, 0.6) is 0 Å². The second-order valence-corrected chi connectivity index (χ2v) is 4.62. The number of aliphatic imine (C=N–C) groups is 1. The Hall–Kier alpha value is -0.620. The Morgan fingerprint density at radius 3 is 2.62 bits per heavy atom. The lowest BCUT2D eigenvalue weighted by atomic mass is 10.3. The molecule has 0 spiro atoms. The van der Waals surface area contributed by atoms with Crippen molar-refractivity contribution < 1.29 is 8.42 Å². The van der Waals surface area contributed by atoms with E-state index in [2.05, 4.69) is 9.71 Å². The van der Waals surface area contributed by atoms with Crippen molar-refractivity contribution in [3.8, 4) is 0 Å². The molecule has 0 fully saturated rings. The number of sulfonamides is 1. The van der Waals surface area contributed by atoms with Gasteiger partial charge in [0, 0.05) is 13.0 Å². The van der Waals surface area contributed by atoms with E-state index in [1.165, 1.54) is 0 Å². The third-order valence-electron chi connectivity index (χ3n) is 1.30. The van der Waals surface area contributed by atoms with E-state index in [9.17, 15) is 8.42 Å². The molecule has 13 heavy (non-hydrogen) atoms. The summed E-state index contributed by atoms with van der Waals surface area (Å²) in [5, 5.41) is 0. The monoisotopic (exact) mass is 207 g/mol. The highest BCUT2D eigenvalue weighted by Crippen LogP contribution is 1.86. The van der Waals surface area contributed by atoms with E-state index in [0.717, 1.165) is 19.1 Å². The minimum Gasteiger partial charge on any atom is -0.387 e. The first-order valence-electron chi connectivity index (χ1n) is 4.19. The molecule has 0 radical (unpaired) electrons. The standard InChI is InChI=1S/C7H17N3O2S/c1-3-4-7(8)9-5-6-10-13(2,11)12/h10H,3-6H2,1-2H3,(H2,8,9). The number of rotatable bonds is 6. The first kappa shape index (κ1) is 12.4. The van der Waals surface area contributed by atoms with Gasteiger partial charge in [-0.15, -0.1) is 0 Å². The van der Waals surface area contributed by atoms with Crippen molar-refractivity contribution in [3.63, 3.8) is 0 Å². The van der Waals surface area contributed by atoms with Gasteiger partial charge in [-0.25, -0.2) is 13.1 Å². The molecular formula is C7H17N3O2S. The number of amidine groups is 1. The van der Waals surface area contributed by atoms with Crippen LogP contribution in [-0.2, 0) is 10.0 Å². The summed E-state index contributed by atoms with van der Waals surface area (Å²) in [7, 11) is -3.09. The fourth-order valence-electron chi connectivity index (χ4n) is 0.766. The fourth-order valence-corrected chi connectivity index (χ4v) is 1.23. The zero-order valence-corrected chi connectivity index (χ0v) is 8.89. The van der Waals surface area contributed by atoms with Crippen LogP contribution < -0.4 is 10.5 Å². The normalized spacial score (nSPS) is 13.2. The van der Waals surface area contributed by atoms with Crippen LogP contribution in [0, 0.1) is 0 Å². The van der Waals surface area contributed by atoms with Gasteiger partial charge in [-0.2, -0.15) is 0 Å². The second kappa shape index (κ2) is 5.93. The zero-order chi connectivity index (χ0) is 10.3. The quantitative estimate of drug-likeness (QED) is 0.356. The smallest absolute Gasteiger partial charge is 0.208 e. The van der Waals surface area contributed by atoms with Crippen molar-refractivity contribution >= 4 is 15.9 Å². The number of nitrogens with two attached hydrogens (primary N) is 1. The first-order valence-corrected chi connectivity index (χ1v) is 6.08. The molecule has 0 aliphatic heterocycles. The van der Waals surface area contributed by atoms with Crippen LogP contribution in [0.15, 0.2) is 4.99 Å². The van der Waals surface area contributed by atoms with Gasteiger partial charge in [0.1, 0.15) is 0 Å². The van der Waals surface area contributed by atoms with Crippen molar-refractivity contribution in [2.75, 3.05) is 19.3 Å². The maximum Gasteiger partial charge on any atom is 0.208 e. The molecule has 0 aliphatic carbocycles. The molecule has 0 heterocycles. The number of nitrogens with one attached hydrogen (secondary N) is 1. The van der Waals surface area contributed by atoms with Crippen molar-refractivity contribution in [2.45, 2.75) is 19.8 Å². The highest BCUT2D eigenvalue weighted by molar-refractivity contribution is 7.88. The molecular weight excluding hydrogens is 190 g/mol. The molecule has 0 amide bonds. The van der Waals surface area contributed by atoms with Gasteiger partial charge >= 0.3 is 0 Å². The van der Waals surface area contributed by atoms with Crippen LogP contribution >= 0.6 is 0 Å². The van der Waals surface area contributed by atoms with Crippen molar-refractivity contribution in [1.29, 1.82) is 0 Å². The van der Waals surface area contributed by atoms with Crippen LogP contribution in [0.3, 0.4) is 0 Å². The number of hydrogen-bond donors (Lipinski definition) is 2. The molecule has 0 unspecified atom stereocenters. The average molecular weight is 207 g/mol. The Kier molecular flexibility index (Phi) is 5.65. The predicted octanol–water partition coefficient (Wildman–Crippen LogP) is -0.307. The van der Waals surface area contributed by atoms with Crippen molar-refractivity contribution in [1.82, 2.24) is 4.72 Å². The largest absolute Gasteiger partial charge is 0.387 e. The molecule has 3 N–H and O–H groups in total. The molecule has 0 aromatic rings. The Bertz CT molecular complexity index is 259. The van der Waals surface area contributed by atoms with Gasteiger partial charge in [0.05, 0.1) is 18.6 Å². The maximum atomic E-state index is 10.6. The third-order valence-corrected chi connectivity index (χ3v) is 2.03. The molecule has 0 aromatic carbocycles. The highest BCUT2D eigenvalue weighted by atomic mass is 32.2. The van der Waals surface area contributed by atoms with Gasteiger partial charge in [-0.1, -0.05) is 6.92 Å². The van der Waals surface area contributed by atoms with Gasteiger partial charge in [0.25, 0.3) is 0 Å². The summed E-state index contributed by atoms with van der Waals surface area (Å²) in [6.45, 7) is 2.72. The fraction of sp³-hybridized carbons (Fsp3) is 0.857. The molecule has 78 valence electrons. The molecule has 0 aromatic heterocycles. The molecule has 0 atom stereocenters. The summed E-state index contributed by atoms with van der Waals surface area (Å²) in [6, 6.07) is 0. The van der Waals surface area contributed by atoms with E-state index in [4.69, 9.17) is 5.73 Å². The molecule has 6 heteroatoms. The van der Waals surface area contributed by atoms with E-state index in [1.807, 2.05) is 6.92 Å². The number of nitrogens with zero attached hydrogens (tertiary/aromatic N) is 1. The molecule has 0 saturated carbocycles. The highest BCUT2D eigenvalue weighted by Gasteiger charge is 1.97. The van der Waals surface area contributed by atoms with E-state index in [0.29, 0.717) is 18.9 Å². The predicted molar refractivity (Wildman–Crippen MR) is 54.2 cm³/mol. The Labute approximate surface area is 79.5 Å². The van der Waals surface area contributed by atoms with Gasteiger partial charge in [-0.05, 0) is 6.42 Å². The topological polar surface area (TPSA) is 84.5 Å². The summed E-state index contributed by atoms with van der Waals surface area (Å²) in [6.07, 6.45) is 2.83. The van der Waals surface area contributed by atoms with E-state index >= 15 is 0 Å². The Morgan fingerprint density at radius 2 is 2.15 bits per heavy atom. The van der Waals surface area contributed by atoms with E-state index in [-0.39, 0.29) is 0 Å². The Morgan fingerprint density at radius 1 is 1.54 bits per heavy atom. The minimum absolute atomic E-state index is 0.309. The maximum absolute atomic E-state index is 10.6. The van der Waals surface area contributed by atoms with E-state index in [1.54, 1.807) is 0 Å². The lowest BCUT2D eigenvalue weighted by Gasteiger charge is -2.00. The van der Waals surface area contributed by atoms with Crippen LogP contribution in [0.25, 0.3) is 0 Å². The molecule has 0 aliphatic rings. The molecule has 0 rings (SSSR count). The van der Waals surface area contributed by atoms with Gasteiger partial charge in [0.15, 0.2) is 0 Å². The summed E-state index contributed by atoms with van der Waals surface area (Å²) >= 11 is 0. The van der Waals surface area contributed by atoms with Gasteiger partial charge in [0.2, 0.25) is 10.0 Å². The SMILES string of the molecule is CCCC(N)=NCCNS(C)(=O)=O. The van der Waals surface area contributed by atoms with Crippen LogP contribution in [-0.4, -0.2) is 33.6 Å². The summed E-state index contributed by atoms with van der Waals surface area (Å²) in [4.78, 5) is 3.98. The molecule has 5 nitrogen and oxygen atoms in total. The van der Waals surface area contributed by atoms with Crippen LogP contribution in [0.4, 0.5) is 0 Å². The van der Waals surface area contributed by atoms with Gasteiger partial charge in [-0.3, -0.25) is 4.99 Å². The minimum atomic E-state index is -3.09.